The van der Waals surface area contributed by atoms with Gasteiger partial charge in [-0.1, -0.05) is 15.9 Å². The Kier molecular flexibility index (Phi) is 6.09. The van der Waals surface area contributed by atoms with Gasteiger partial charge in [0.15, 0.2) is 18.1 Å². The van der Waals surface area contributed by atoms with Gasteiger partial charge in [0.1, 0.15) is 0 Å². The number of anilines is 1. The lowest BCUT2D eigenvalue weighted by Gasteiger charge is -2.15. The van der Waals surface area contributed by atoms with Crippen molar-refractivity contribution in [1.82, 2.24) is 0 Å². The van der Waals surface area contributed by atoms with Gasteiger partial charge >= 0.3 is 0 Å². The third kappa shape index (κ3) is 4.41. The van der Waals surface area contributed by atoms with Crippen LogP contribution in [0, 0.1) is 13.8 Å². The molecule has 24 heavy (non-hydrogen) atoms. The van der Waals surface area contributed by atoms with Crippen LogP contribution in [0.3, 0.4) is 0 Å². The van der Waals surface area contributed by atoms with E-state index in [0.29, 0.717) is 22.9 Å². The van der Waals surface area contributed by atoms with Gasteiger partial charge < -0.3 is 19.5 Å². The van der Waals surface area contributed by atoms with Crippen LogP contribution in [0.25, 0.3) is 0 Å². The number of nitrogens with one attached hydrogen (secondary N) is 1. The zero-order valence-electron chi connectivity index (χ0n) is 14.1. The number of carbonyl (C=O) groups excluding carboxylic acids is 1. The van der Waals surface area contributed by atoms with E-state index >= 15 is 0 Å². The lowest BCUT2D eigenvalue weighted by Crippen LogP contribution is -2.20. The third-order valence-corrected chi connectivity index (χ3v) is 4.28. The average molecular weight is 394 g/mol. The molecule has 0 spiro atoms. The molecule has 0 unspecified atom stereocenters. The molecule has 0 radical (unpaired) electrons. The molecule has 0 saturated heterocycles. The van der Waals surface area contributed by atoms with Crippen LogP contribution < -0.4 is 19.5 Å². The number of amides is 1. The summed E-state index contributed by atoms with van der Waals surface area (Å²) in [5.74, 6) is 1.20. The smallest absolute Gasteiger partial charge is 0.262 e. The number of carbonyl (C=O) groups is 1. The minimum Gasteiger partial charge on any atom is -0.493 e. The van der Waals surface area contributed by atoms with Crippen LogP contribution in [0.4, 0.5) is 5.69 Å². The second-order valence-corrected chi connectivity index (χ2v) is 6.15. The normalized spacial score (nSPS) is 10.2. The molecular formula is C18H20BrNO4. The fourth-order valence-corrected chi connectivity index (χ4v) is 2.46. The first-order valence-corrected chi connectivity index (χ1v) is 8.15. The molecule has 0 aromatic heterocycles. The van der Waals surface area contributed by atoms with E-state index in [2.05, 4.69) is 21.2 Å². The Morgan fingerprint density at radius 1 is 1.08 bits per heavy atom. The van der Waals surface area contributed by atoms with E-state index in [1.54, 1.807) is 14.2 Å². The second-order valence-electron chi connectivity index (χ2n) is 5.30. The predicted octanol–water partition coefficient (Wildman–Crippen LogP) is 4.10. The van der Waals surface area contributed by atoms with E-state index in [9.17, 15) is 4.79 Å². The van der Waals surface area contributed by atoms with Crippen molar-refractivity contribution in [2.45, 2.75) is 13.8 Å². The Morgan fingerprint density at radius 3 is 2.25 bits per heavy atom. The molecule has 0 atom stereocenters. The van der Waals surface area contributed by atoms with Gasteiger partial charge in [-0.25, -0.2) is 0 Å². The van der Waals surface area contributed by atoms with E-state index in [0.717, 1.165) is 15.6 Å². The highest BCUT2D eigenvalue weighted by Crippen LogP contribution is 2.38. The van der Waals surface area contributed by atoms with Crippen LogP contribution in [0.5, 0.6) is 17.2 Å². The summed E-state index contributed by atoms with van der Waals surface area (Å²) in [5, 5.41) is 2.80. The summed E-state index contributed by atoms with van der Waals surface area (Å²) >= 11 is 3.43. The molecule has 2 rings (SSSR count). The standard InChI is InChI=1S/C18H20BrNO4/c1-11-7-15(22-3)18(16(8-11)23-4)24-10-17(21)20-13-5-6-14(19)12(2)9-13/h5-9H,10H2,1-4H3,(H,20,21). The molecule has 2 aromatic carbocycles. The van der Waals surface area contributed by atoms with Gasteiger partial charge in [0.25, 0.3) is 5.91 Å². The highest BCUT2D eigenvalue weighted by molar-refractivity contribution is 9.10. The van der Waals surface area contributed by atoms with Crippen LogP contribution in [0.15, 0.2) is 34.8 Å². The summed E-state index contributed by atoms with van der Waals surface area (Å²) in [7, 11) is 3.09. The van der Waals surface area contributed by atoms with Crippen molar-refractivity contribution in [3.63, 3.8) is 0 Å². The summed E-state index contributed by atoms with van der Waals surface area (Å²) in [5.41, 5.74) is 2.73. The Bertz CT molecular complexity index is 721. The maximum Gasteiger partial charge on any atom is 0.262 e. The number of hydrogen-bond donors (Lipinski definition) is 1. The van der Waals surface area contributed by atoms with Gasteiger partial charge in [-0.05, 0) is 55.3 Å². The first kappa shape index (κ1) is 18.1. The molecule has 0 aliphatic rings. The SMILES string of the molecule is COc1cc(C)cc(OC)c1OCC(=O)Nc1ccc(Br)c(C)c1. The Labute approximate surface area is 150 Å². The fourth-order valence-electron chi connectivity index (χ4n) is 2.21. The van der Waals surface area contributed by atoms with Gasteiger partial charge in [0.05, 0.1) is 14.2 Å². The number of benzene rings is 2. The molecule has 1 amide bonds. The number of methoxy groups -OCH3 is 2. The number of aryl methyl sites for hydroxylation is 2. The quantitative estimate of drug-likeness (QED) is 0.802. The largest absolute Gasteiger partial charge is 0.493 e. The minimum atomic E-state index is -0.263. The van der Waals surface area contributed by atoms with Crippen LogP contribution in [0.2, 0.25) is 0 Å². The Morgan fingerprint density at radius 2 is 1.71 bits per heavy atom. The molecule has 0 saturated carbocycles. The van der Waals surface area contributed by atoms with Crippen molar-refractivity contribution < 1.29 is 19.0 Å². The summed E-state index contributed by atoms with van der Waals surface area (Å²) < 4.78 is 17.2. The third-order valence-electron chi connectivity index (χ3n) is 3.39. The Balaban J connectivity index is 2.07. The van der Waals surface area contributed by atoms with E-state index < -0.39 is 0 Å². The molecule has 0 aliphatic carbocycles. The second kappa shape index (κ2) is 8.06. The molecule has 0 fully saturated rings. The lowest BCUT2D eigenvalue weighted by atomic mass is 10.2. The maximum absolute atomic E-state index is 12.1. The van der Waals surface area contributed by atoms with Gasteiger partial charge in [-0.15, -0.1) is 0 Å². The van der Waals surface area contributed by atoms with E-state index in [4.69, 9.17) is 14.2 Å². The lowest BCUT2D eigenvalue weighted by molar-refractivity contribution is -0.118. The van der Waals surface area contributed by atoms with E-state index in [1.807, 2.05) is 44.2 Å². The van der Waals surface area contributed by atoms with E-state index in [-0.39, 0.29) is 12.5 Å². The highest BCUT2D eigenvalue weighted by Gasteiger charge is 2.15. The van der Waals surface area contributed by atoms with Crippen LogP contribution in [-0.2, 0) is 4.79 Å². The number of halogens is 1. The molecule has 6 heteroatoms. The van der Waals surface area contributed by atoms with Crippen molar-refractivity contribution in [1.29, 1.82) is 0 Å². The fraction of sp³-hybridized carbons (Fsp3) is 0.278. The number of rotatable bonds is 6. The average Bonchev–Trinajstić information content (AvgIpc) is 2.56. The van der Waals surface area contributed by atoms with Crippen LogP contribution in [0.1, 0.15) is 11.1 Å². The van der Waals surface area contributed by atoms with E-state index in [1.165, 1.54) is 0 Å². The number of ether oxygens (including phenoxy) is 3. The predicted molar refractivity (Wildman–Crippen MR) is 97.3 cm³/mol. The monoisotopic (exact) mass is 393 g/mol. The van der Waals surface area contributed by atoms with Crippen LogP contribution in [-0.4, -0.2) is 26.7 Å². The summed E-state index contributed by atoms with van der Waals surface area (Å²) in [6.07, 6.45) is 0. The molecule has 0 aliphatic heterocycles. The first-order chi connectivity index (χ1) is 11.4. The topological polar surface area (TPSA) is 56.8 Å². The molecule has 1 N–H and O–H groups in total. The molecule has 0 heterocycles. The van der Waals surface area contributed by atoms with Gasteiger partial charge in [0, 0.05) is 10.2 Å². The highest BCUT2D eigenvalue weighted by atomic mass is 79.9. The zero-order valence-corrected chi connectivity index (χ0v) is 15.7. The maximum atomic E-state index is 12.1. The van der Waals surface area contributed by atoms with Crippen molar-refractivity contribution in [3.8, 4) is 17.2 Å². The zero-order chi connectivity index (χ0) is 17.7. The molecule has 128 valence electrons. The molecule has 5 nitrogen and oxygen atoms in total. The number of hydrogen-bond acceptors (Lipinski definition) is 4. The minimum absolute atomic E-state index is 0.148. The van der Waals surface area contributed by atoms with Crippen LogP contribution >= 0.6 is 15.9 Å². The summed E-state index contributed by atoms with van der Waals surface area (Å²) in [4.78, 5) is 12.1. The van der Waals surface area contributed by atoms with Gasteiger partial charge in [-0.3, -0.25) is 4.79 Å². The van der Waals surface area contributed by atoms with Crippen molar-refractivity contribution in [2.75, 3.05) is 26.1 Å². The van der Waals surface area contributed by atoms with Crippen molar-refractivity contribution in [3.05, 3.63) is 45.9 Å². The molecule has 2 aromatic rings. The van der Waals surface area contributed by atoms with Gasteiger partial charge in [-0.2, -0.15) is 0 Å². The van der Waals surface area contributed by atoms with Crippen molar-refractivity contribution in [2.24, 2.45) is 0 Å². The summed E-state index contributed by atoms with van der Waals surface area (Å²) in [6.45, 7) is 3.74. The molecular weight excluding hydrogens is 374 g/mol. The first-order valence-electron chi connectivity index (χ1n) is 7.36. The summed E-state index contributed by atoms with van der Waals surface area (Å²) in [6, 6.07) is 9.25. The Hall–Kier alpha value is -2.21. The molecule has 0 bridgehead atoms. The van der Waals surface area contributed by atoms with Gasteiger partial charge in [0.2, 0.25) is 5.75 Å². The van der Waals surface area contributed by atoms with Crippen molar-refractivity contribution >= 4 is 27.5 Å².